The van der Waals surface area contributed by atoms with Gasteiger partial charge in [0, 0.05) is 17.8 Å². The molecule has 1 rings (SSSR count). The lowest BCUT2D eigenvalue weighted by Crippen LogP contribution is -2.43. The highest BCUT2D eigenvalue weighted by Crippen LogP contribution is 2.24. The molecule has 0 heterocycles. The third kappa shape index (κ3) is 4.62. The number of carbonyl (C=O) groups is 1. The van der Waals surface area contributed by atoms with E-state index >= 15 is 0 Å². The average molecular weight is 253 g/mol. The van der Waals surface area contributed by atoms with Gasteiger partial charge < -0.3 is 11.1 Å². The van der Waals surface area contributed by atoms with E-state index in [4.69, 9.17) is 5.73 Å². The largest absolute Gasteiger partial charge is 0.353 e. The summed E-state index contributed by atoms with van der Waals surface area (Å²) in [5.41, 5.74) is 5.86. The van der Waals surface area contributed by atoms with Crippen LogP contribution in [0.4, 0.5) is 0 Å². The molecular formula is C10H21ClN2OS. The van der Waals surface area contributed by atoms with Gasteiger partial charge in [0.15, 0.2) is 0 Å². The molecule has 3 atom stereocenters. The molecule has 1 aliphatic rings. The van der Waals surface area contributed by atoms with Gasteiger partial charge in [0.25, 0.3) is 0 Å². The Hall–Kier alpha value is 0.0700. The Morgan fingerprint density at radius 1 is 1.60 bits per heavy atom. The number of hydrogen-bond donors (Lipinski definition) is 2. The molecule has 0 aliphatic heterocycles. The first-order valence-corrected chi connectivity index (χ1v) is 6.59. The molecule has 3 nitrogen and oxygen atoms in total. The van der Waals surface area contributed by atoms with E-state index in [0.717, 1.165) is 25.0 Å². The Bertz CT molecular complexity index is 204. The summed E-state index contributed by atoms with van der Waals surface area (Å²) in [6, 6.07) is 0.335. The SMILES string of the molecule is CSCC(C)NC(=O)C1CCCC1N.Cl. The number of halogens is 1. The molecule has 1 amide bonds. The summed E-state index contributed by atoms with van der Waals surface area (Å²) >= 11 is 1.75. The second-order valence-electron chi connectivity index (χ2n) is 4.07. The van der Waals surface area contributed by atoms with Crippen LogP contribution >= 0.6 is 24.2 Å². The Morgan fingerprint density at radius 2 is 2.27 bits per heavy atom. The van der Waals surface area contributed by atoms with Gasteiger partial charge in [-0.3, -0.25) is 4.79 Å². The van der Waals surface area contributed by atoms with E-state index in [1.54, 1.807) is 11.8 Å². The van der Waals surface area contributed by atoms with Crippen LogP contribution in [0.25, 0.3) is 0 Å². The maximum atomic E-state index is 11.7. The van der Waals surface area contributed by atoms with Gasteiger partial charge in [-0.2, -0.15) is 11.8 Å². The first kappa shape index (κ1) is 15.1. The van der Waals surface area contributed by atoms with Gasteiger partial charge in [-0.1, -0.05) is 6.42 Å². The Kier molecular flexibility index (Phi) is 7.40. The minimum Gasteiger partial charge on any atom is -0.353 e. The van der Waals surface area contributed by atoms with E-state index < -0.39 is 0 Å². The van der Waals surface area contributed by atoms with Gasteiger partial charge in [-0.15, -0.1) is 12.4 Å². The lowest BCUT2D eigenvalue weighted by Gasteiger charge is -2.18. The molecule has 0 bridgehead atoms. The molecule has 1 saturated carbocycles. The fourth-order valence-corrected chi connectivity index (χ4v) is 2.54. The van der Waals surface area contributed by atoms with Crippen molar-refractivity contribution in [2.24, 2.45) is 11.7 Å². The van der Waals surface area contributed by atoms with Gasteiger partial charge >= 0.3 is 0 Å². The molecule has 0 radical (unpaired) electrons. The highest BCUT2D eigenvalue weighted by atomic mass is 35.5. The van der Waals surface area contributed by atoms with Crippen LogP contribution in [0.15, 0.2) is 0 Å². The highest BCUT2D eigenvalue weighted by molar-refractivity contribution is 7.98. The van der Waals surface area contributed by atoms with Crippen molar-refractivity contribution in [3.8, 4) is 0 Å². The zero-order valence-electron chi connectivity index (χ0n) is 9.36. The van der Waals surface area contributed by atoms with Gasteiger partial charge in [0.05, 0.1) is 5.92 Å². The smallest absolute Gasteiger partial charge is 0.224 e. The zero-order valence-corrected chi connectivity index (χ0v) is 11.0. The lowest BCUT2D eigenvalue weighted by molar-refractivity contribution is -0.125. The normalized spacial score (nSPS) is 26.9. The van der Waals surface area contributed by atoms with Crippen molar-refractivity contribution in [2.45, 2.75) is 38.3 Å². The molecule has 0 aromatic rings. The summed E-state index contributed by atoms with van der Waals surface area (Å²) < 4.78 is 0. The topological polar surface area (TPSA) is 55.1 Å². The van der Waals surface area contributed by atoms with Gasteiger partial charge in [-0.05, 0) is 26.0 Å². The van der Waals surface area contributed by atoms with Crippen molar-refractivity contribution in [3.63, 3.8) is 0 Å². The van der Waals surface area contributed by atoms with Gasteiger partial charge in [0.2, 0.25) is 5.91 Å². The van der Waals surface area contributed by atoms with Crippen LogP contribution in [0.2, 0.25) is 0 Å². The summed E-state index contributed by atoms with van der Waals surface area (Å²) in [5.74, 6) is 1.17. The molecule has 3 unspecified atom stereocenters. The van der Waals surface area contributed by atoms with Crippen LogP contribution < -0.4 is 11.1 Å². The molecule has 3 N–H and O–H groups in total. The second-order valence-corrected chi connectivity index (χ2v) is 4.98. The molecule has 15 heavy (non-hydrogen) atoms. The van der Waals surface area contributed by atoms with Crippen molar-refractivity contribution >= 4 is 30.1 Å². The highest BCUT2D eigenvalue weighted by Gasteiger charge is 2.30. The van der Waals surface area contributed by atoms with E-state index in [1.807, 2.05) is 13.2 Å². The Morgan fingerprint density at radius 3 is 2.73 bits per heavy atom. The fraction of sp³-hybridized carbons (Fsp3) is 0.900. The maximum absolute atomic E-state index is 11.7. The molecular weight excluding hydrogens is 232 g/mol. The van der Waals surface area contributed by atoms with E-state index in [0.29, 0.717) is 0 Å². The fourth-order valence-electron chi connectivity index (χ4n) is 1.96. The van der Waals surface area contributed by atoms with Crippen LogP contribution in [-0.2, 0) is 4.79 Å². The molecule has 1 aliphatic carbocycles. The van der Waals surface area contributed by atoms with E-state index in [9.17, 15) is 4.79 Å². The standard InChI is InChI=1S/C10H20N2OS.ClH/c1-7(6-14-2)12-10(13)8-4-3-5-9(8)11;/h7-9H,3-6,11H2,1-2H3,(H,12,13);1H. The van der Waals surface area contributed by atoms with Crippen LogP contribution in [-0.4, -0.2) is 30.0 Å². The number of thioether (sulfide) groups is 1. The van der Waals surface area contributed by atoms with Crippen molar-refractivity contribution in [3.05, 3.63) is 0 Å². The summed E-state index contributed by atoms with van der Waals surface area (Å²) in [6.07, 6.45) is 5.09. The van der Waals surface area contributed by atoms with Gasteiger partial charge in [-0.25, -0.2) is 0 Å². The van der Waals surface area contributed by atoms with Crippen molar-refractivity contribution in [1.82, 2.24) is 5.32 Å². The van der Waals surface area contributed by atoms with Gasteiger partial charge in [0.1, 0.15) is 0 Å². The quantitative estimate of drug-likeness (QED) is 0.796. The summed E-state index contributed by atoms with van der Waals surface area (Å²) in [5, 5.41) is 3.01. The lowest BCUT2D eigenvalue weighted by atomic mass is 10.0. The minimum atomic E-state index is 0. The number of carbonyl (C=O) groups excluding carboxylic acids is 1. The third-order valence-electron chi connectivity index (χ3n) is 2.71. The van der Waals surface area contributed by atoms with E-state index in [-0.39, 0.29) is 36.3 Å². The summed E-state index contributed by atoms with van der Waals surface area (Å²) in [4.78, 5) is 11.7. The minimum absolute atomic E-state index is 0. The summed E-state index contributed by atoms with van der Waals surface area (Å²) in [6.45, 7) is 2.04. The predicted molar refractivity (Wildman–Crippen MR) is 68.6 cm³/mol. The molecule has 0 aromatic heterocycles. The molecule has 1 fully saturated rings. The first-order valence-electron chi connectivity index (χ1n) is 5.20. The Balaban J connectivity index is 0.00000196. The molecule has 0 spiro atoms. The zero-order chi connectivity index (χ0) is 10.6. The molecule has 0 aromatic carbocycles. The number of nitrogens with two attached hydrogens (primary N) is 1. The van der Waals surface area contributed by atoms with E-state index in [1.165, 1.54) is 0 Å². The molecule has 5 heteroatoms. The predicted octanol–water partition coefficient (Wildman–Crippen LogP) is 1.40. The van der Waals surface area contributed by atoms with Crippen molar-refractivity contribution < 1.29 is 4.79 Å². The molecule has 0 saturated heterocycles. The van der Waals surface area contributed by atoms with Crippen molar-refractivity contribution in [1.29, 1.82) is 0 Å². The van der Waals surface area contributed by atoms with Crippen molar-refractivity contribution in [2.75, 3.05) is 12.0 Å². The van der Waals surface area contributed by atoms with Crippen LogP contribution in [0, 0.1) is 5.92 Å². The Labute approximate surface area is 102 Å². The second kappa shape index (κ2) is 7.36. The molecule has 90 valence electrons. The number of hydrogen-bond acceptors (Lipinski definition) is 3. The first-order chi connectivity index (χ1) is 6.65. The third-order valence-corrected chi connectivity index (χ3v) is 3.54. The monoisotopic (exact) mass is 252 g/mol. The van der Waals surface area contributed by atoms with E-state index in [2.05, 4.69) is 5.32 Å². The summed E-state index contributed by atoms with van der Waals surface area (Å²) in [7, 11) is 0. The average Bonchev–Trinajstić information content (AvgIpc) is 2.51. The maximum Gasteiger partial charge on any atom is 0.224 e. The number of amides is 1. The van der Waals surface area contributed by atoms with Crippen LogP contribution in [0.5, 0.6) is 0 Å². The van der Waals surface area contributed by atoms with Crippen LogP contribution in [0.1, 0.15) is 26.2 Å². The number of rotatable bonds is 4. The number of nitrogens with one attached hydrogen (secondary N) is 1. The van der Waals surface area contributed by atoms with Crippen LogP contribution in [0.3, 0.4) is 0 Å².